The van der Waals surface area contributed by atoms with Crippen molar-refractivity contribution in [3.63, 3.8) is 0 Å². The average molecular weight is 791 g/mol. The lowest BCUT2D eigenvalue weighted by Gasteiger charge is -2.41. The Morgan fingerprint density at radius 3 is 1.83 bits per heavy atom. The molecule has 13 heteroatoms. The smallest absolute Gasteiger partial charge is 0.397 e. The Morgan fingerprint density at radius 2 is 1.24 bits per heavy atom. The van der Waals surface area contributed by atoms with Crippen LogP contribution in [0.5, 0.6) is 0 Å². The molecule has 0 amide bonds. The van der Waals surface area contributed by atoms with Crippen molar-refractivity contribution in [1.82, 2.24) is 0 Å². The number of carbonyl (C=O) groups is 1. The highest BCUT2D eigenvalue weighted by Crippen LogP contribution is 2.26. The zero-order chi connectivity index (χ0) is 39.7. The number of aliphatic hydroxyl groups excluding tert-OH is 3. The van der Waals surface area contributed by atoms with Gasteiger partial charge in [0.1, 0.15) is 30.5 Å². The van der Waals surface area contributed by atoms with E-state index in [2.05, 4.69) is 54.5 Å². The molecule has 0 bridgehead atoms. The monoisotopic (exact) mass is 790 g/mol. The Labute approximate surface area is 326 Å². The van der Waals surface area contributed by atoms with Crippen LogP contribution in [0.4, 0.5) is 0 Å². The fourth-order valence-electron chi connectivity index (χ4n) is 6.03. The molecule has 6 atom stereocenters. The van der Waals surface area contributed by atoms with Crippen molar-refractivity contribution in [2.24, 2.45) is 0 Å². The van der Waals surface area contributed by atoms with Crippen LogP contribution in [0.3, 0.4) is 0 Å². The molecule has 1 saturated heterocycles. The van der Waals surface area contributed by atoms with Crippen molar-refractivity contribution in [3.8, 4) is 0 Å². The van der Waals surface area contributed by atoms with Crippen LogP contribution in [0.15, 0.2) is 36.5 Å². The summed E-state index contributed by atoms with van der Waals surface area (Å²) in [6.07, 6.45) is 27.5. The second kappa shape index (κ2) is 33.5. The summed E-state index contributed by atoms with van der Waals surface area (Å²) in [6.45, 7) is 3.87. The number of ether oxygens (including phenoxy) is 4. The van der Waals surface area contributed by atoms with Crippen LogP contribution in [0, 0.1) is 0 Å². The average Bonchev–Trinajstić information content (AvgIpc) is 3.14. The molecule has 0 radical (unpaired) electrons. The minimum absolute atomic E-state index is 0.0254. The van der Waals surface area contributed by atoms with E-state index in [0.717, 1.165) is 83.5 Å². The first-order chi connectivity index (χ1) is 26.1. The first kappa shape index (κ1) is 50.3. The lowest BCUT2D eigenvalue weighted by molar-refractivity contribution is -0.301. The number of rotatable bonds is 35. The van der Waals surface area contributed by atoms with Crippen molar-refractivity contribution < 1.29 is 56.2 Å². The van der Waals surface area contributed by atoms with Gasteiger partial charge in [0.05, 0.1) is 19.8 Å². The van der Waals surface area contributed by atoms with Gasteiger partial charge in [-0.1, -0.05) is 121 Å². The summed E-state index contributed by atoms with van der Waals surface area (Å²) in [5.74, 6) is -0.415. The van der Waals surface area contributed by atoms with Crippen molar-refractivity contribution >= 4 is 16.4 Å². The molecule has 1 aliphatic rings. The SMILES string of the molecule is CCCC/C=C\C/C=C\CCCCCCCCOCC(COC1OC(CO)C(O)C(OS(=O)(=O)O)C1O)OC(=O)CCCCCCC/C=C\CCCCC. The zero-order valence-corrected chi connectivity index (χ0v) is 34.1. The third-order valence-corrected chi connectivity index (χ3v) is 9.70. The summed E-state index contributed by atoms with van der Waals surface area (Å²) >= 11 is 0. The van der Waals surface area contributed by atoms with Gasteiger partial charge in [-0.2, -0.15) is 8.42 Å². The van der Waals surface area contributed by atoms with E-state index in [1.807, 2.05) is 0 Å². The second-order valence-electron chi connectivity index (χ2n) is 14.2. The molecule has 1 heterocycles. The molecule has 12 nitrogen and oxygen atoms in total. The number of allylic oxidation sites excluding steroid dienone is 6. The largest absolute Gasteiger partial charge is 0.457 e. The van der Waals surface area contributed by atoms with Gasteiger partial charge in [0.15, 0.2) is 6.29 Å². The van der Waals surface area contributed by atoms with E-state index >= 15 is 0 Å². The molecule has 1 fully saturated rings. The fraction of sp³-hybridized carbons (Fsp3) is 0.829. The first-order valence-corrected chi connectivity index (χ1v) is 22.1. The summed E-state index contributed by atoms with van der Waals surface area (Å²) in [7, 11) is -5.06. The van der Waals surface area contributed by atoms with E-state index in [1.54, 1.807) is 0 Å². The van der Waals surface area contributed by atoms with Gasteiger partial charge in [0, 0.05) is 13.0 Å². The van der Waals surface area contributed by atoms with E-state index in [-0.39, 0.29) is 19.6 Å². The van der Waals surface area contributed by atoms with Crippen molar-refractivity contribution in [3.05, 3.63) is 36.5 Å². The summed E-state index contributed by atoms with van der Waals surface area (Å²) in [5, 5.41) is 30.6. The normalized spacial score (nSPS) is 21.5. The minimum Gasteiger partial charge on any atom is -0.457 e. The molecule has 4 N–H and O–H groups in total. The first-order valence-electron chi connectivity index (χ1n) is 20.7. The van der Waals surface area contributed by atoms with Crippen LogP contribution in [-0.2, 0) is 38.3 Å². The molecule has 0 aromatic carbocycles. The van der Waals surface area contributed by atoms with Crippen molar-refractivity contribution in [2.75, 3.05) is 26.4 Å². The van der Waals surface area contributed by atoms with E-state index in [9.17, 15) is 28.5 Å². The van der Waals surface area contributed by atoms with Gasteiger partial charge >= 0.3 is 16.4 Å². The van der Waals surface area contributed by atoms with E-state index in [4.69, 9.17) is 23.5 Å². The molecule has 6 unspecified atom stereocenters. The Morgan fingerprint density at radius 1 is 0.704 bits per heavy atom. The number of aliphatic hydroxyl groups is 3. The van der Waals surface area contributed by atoms with Gasteiger partial charge in [-0.25, -0.2) is 4.18 Å². The van der Waals surface area contributed by atoms with Crippen LogP contribution in [0.25, 0.3) is 0 Å². The third-order valence-electron chi connectivity index (χ3n) is 9.23. The molecule has 0 saturated carbocycles. The summed E-state index contributed by atoms with van der Waals surface area (Å²) in [4.78, 5) is 12.8. The molecule has 54 heavy (non-hydrogen) atoms. The number of hydrogen-bond acceptors (Lipinski definition) is 11. The van der Waals surface area contributed by atoms with Crippen LogP contribution >= 0.6 is 0 Å². The van der Waals surface area contributed by atoms with Gasteiger partial charge in [-0.05, 0) is 64.2 Å². The standard InChI is InChI=1S/C41H74O12S/c1-3-5-7-9-11-13-15-17-18-19-21-23-25-27-29-31-49-33-35(51-37(43)30-28-26-24-22-20-16-14-12-10-8-6-4-2)34-50-41-39(45)40(53-54(46,47)48)38(44)36(32-42)52-41/h9,11-12,14-15,17,35-36,38-42,44-45H,3-8,10,13,16,18-34H2,1-2H3,(H,46,47,48)/b11-9-,14-12-,17-15-. The lowest BCUT2D eigenvalue weighted by atomic mass is 9.99. The molecule has 0 aliphatic carbocycles. The maximum Gasteiger partial charge on any atom is 0.397 e. The van der Waals surface area contributed by atoms with Crippen molar-refractivity contribution in [2.45, 2.75) is 192 Å². The van der Waals surface area contributed by atoms with Crippen LogP contribution < -0.4 is 0 Å². The maximum absolute atomic E-state index is 12.8. The van der Waals surface area contributed by atoms with Gasteiger partial charge in [0.2, 0.25) is 0 Å². The van der Waals surface area contributed by atoms with Crippen LogP contribution in [0.1, 0.15) is 155 Å². The predicted molar refractivity (Wildman–Crippen MR) is 211 cm³/mol. The Balaban J connectivity index is 2.49. The van der Waals surface area contributed by atoms with E-state index in [0.29, 0.717) is 13.0 Å². The minimum atomic E-state index is -5.06. The quantitative estimate of drug-likeness (QED) is 0.0212. The summed E-state index contributed by atoms with van der Waals surface area (Å²) in [6, 6.07) is 0. The molecule has 0 aromatic heterocycles. The number of carbonyl (C=O) groups excluding carboxylic acids is 1. The topological polar surface area (TPSA) is 178 Å². The highest BCUT2D eigenvalue weighted by molar-refractivity contribution is 7.80. The number of unbranched alkanes of at least 4 members (excludes halogenated alkanes) is 16. The maximum atomic E-state index is 12.8. The number of esters is 1. The molecule has 0 aromatic rings. The van der Waals surface area contributed by atoms with Gasteiger partial charge in [-0.15, -0.1) is 0 Å². The molecular formula is C41H74O12S. The predicted octanol–water partition coefficient (Wildman–Crippen LogP) is 7.85. The Hall–Kier alpha value is -1.68. The third kappa shape index (κ3) is 27.0. The van der Waals surface area contributed by atoms with Crippen LogP contribution in [0.2, 0.25) is 0 Å². The van der Waals surface area contributed by atoms with E-state index in [1.165, 1.54) is 44.9 Å². The van der Waals surface area contributed by atoms with Gasteiger partial charge in [0.25, 0.3) is 0 Å². The fourth-order valence-corrected chi connectivity index (χ4v) is 6.54. The molecular weight excluding hydrogens is 717 g/mol. The van der Waals surface area contributed by atoms with E-state index < -0.39 is 59.8 Å². The Kier molecular flexibility index (Phi) is 31.2. The van der Waals surface area contributed by atoms with Crippen LogP contribution in [-0.4, -0.2) is 97.5 Å². The molecule has 316 valence electrons. The Bertz CT molecular complexity index is 1100. The summed E-state index contributed by atoms with van der Waals surface area (Å²) in [5.41, 5.74) is 0. The molecule has 0 spiro atoms. The summed E-state index contributed by atoms with van der Waals surface area (Å²) < 4.78 is 58.8. The lowest BCUT2D eigenvalue weighted by Crippen LogP contribution is -2.60. The highest BCUT2D eigenvalue weighted by Gasteiger charge is 2.48. The van der Waals surface area contributed by atoms with Crippen molar-refractivity contribution in [1.29, 1.82) is 0 Å². The molecule has 1 aliphatic heterocycles. The van der Waals surface area contributed by atoms with Gasteiger partial charge in [-0.3, -0.25) is 9.35 Å². The highest BCUT2D eigenvalue weighted by atomic mass is 32.3. The number of hydrogen-bond donors (Lipinski definition) is 4. The molecule has 1 rings (SSSR count). The van der Waals surface area contributed by atoms with Gasteiger partial charge < -0.3 is 34.3 Å². The second-order valence-corrected chi connectivity index (χ2v) is 15.3. The zero-order valence-electron chi connectivity index (χ0n) is 33.3.